The van der Waals surface area contributed by atoms with Crippen LogP contribution in [0, 0.1) is 0 Å². The lowest BCUT2D eigenvalue weighted by atomic mass is 10.4. The summed E-state index contributed by atoms with van der Waals surface area (Å²) in [6.07, 6.45) is 0. The fourth-order valence-corrected chi connectivity index (χ4v) is 7.84. The Kier molecular flexibility index (Phi) is 5.53. The highest BCUT2D eigenvalue weighted by Crippen LogP contribution is 2.15. The molecule has 0 radical (unpaired) electrons. The molecule has 0 aliphatic carbocycles. The number of benzene rings is 1. The van der Waals surface area contributed by atoms with Crippen LogP contribution in [0.2, 0.25) is 0 Å². The molecule has 0 aromatic heterocycles. The van der Waals surface area contributed by atoms with Crippen LogP contribution in [-0.4, -0.2) is 63.5 Å². The van der Waals surface area contributed by atoms with Gasteiger partial charge in [0.25, 0.3) is 0 Å². The van der Waals surface area contributed by atoms with Crippen molar-refractivity contribution in [2.24, 2.45) is 0 Å². The van der Waals surface area contributed by atoms with Gasteiger partial charge in [0.15, 0.2) is 0 Å². The fourth-order valence-electron chi connectivity index (χ4n) is 2.99. The van der Waals surface area contributed by atoms with Gasteiger partial charge in [-0.15, -0.1) is 0 Å². The smallest absolute Gasteiger partial charge is 0.301 e. The van der Waals surface area contributed by atoms with Gasteiger partial charge in [-0.3, -0.25) is 4.57 Å². The zero-order valence-corrected chi connectivity index (χ0v) is 13.6. The minimum absolute atomic E-state index is 1.08. The molecule has 0 N–H and O–H groups in total. The molecule has 1 aromatic rings. The van der Waals surface area contributed by atoms with Gasteiger partial charge in [0, 0.05) is 0 Å². The quantitative estimate of drug-likeness (QED) is 0.718. The average Bonchev–Trinajstić information content (AvgIpc) is 2.35. The molecule has 0 unspecified atom stereocenters. The molecule has 0 aliphatic rings. The first-order valence-corrected chi connectivity index (χ1v) is 8.51. The molecular formula is C14H27N3Si. The molecule has 0 heterocycles. The Bertz CT molecular complexity index is 339. The van der Waals surface area contributed by atoms with Crippen LogP contribution in [-0.2, 0) is 0 Å². The van der Waals surface area contributed by atoms with E-state index in [0.29, 0.717) is 0 Å². The molecule has 0 saturated heterocycles. The lowest BCUT2D eigenvalue weighted by Crippen LogP contribution is -2.78. The summed E-state index contributed by atoms with van der Waals surface area (Å²) in [5, 5.41) is 1.45. The average molecular weight is 265 g/mol. The minimum atomic E-state index is -1.96. The highest BCUT2D eigenvalue weighted by Gasteiger charge is 2.46. The van der Waals surface area contributed by atoms with Gasteiger partial charge in [-0.25, -0.2) is 0 Å². The van der Waals surface area contributed by atoms with E-state index in [4.69, 9.17) is 0 Å². The maximum atomic E-state index is 2.61. The summed E-state index contributed by atoms with van der Waals surface area (Å²) < 4.78 is 7.47. The summed E-state index contributed by atoms with van der Waals surface area (Å²) in [4.78, 5) is 0. The molecule has 0 spiro atoms. The molecule has 0 fully saturated rings. The minimum Gasteiger partial charge on any atom is -0.301 e. The van der Waals surface area contributed by atoms with Crippen molar-refractivity contribution in [1.82, 2.24) is 13.7 Å². The Labute approximate surface area is 113 Å². The highest BCUT2D eigenvalue weighted by atomic mass is 28.4. The van der Waals surface area contributed by atoms with Crippen molar-refractivity contribution in [3.8, 4) is 0 Å². The summed E-state index contributed by atoms with van der Waals surface area (Å²) >= 11 is 0. The molecule has 0 bridgehead atoms. The number of hydrogen-bond donors (Lipinski definition) is 0. The predicted octanol–water partition coefficient (Wildman–Crippen LogP) is 1.30. The monoisotopic (exact) mass is 265 g/mol. The summed E-state index contributed by atoms with van der Waals surface area (Å²) in [5.74, 6) is 0. The van der Waals surface area contributed by atoms with Crippen molar-refractivity contribution in [1.29, 1.82) is 0 Å². The Morgan fingerprint density at radius 1 is 0.833 bits per heavy atom. The SMILES string of the molecule is CCN(CC)[Si](c1ccccc1)(N(C)C)N(C)C. The molecule has 0 amide bonds. The van der Waals surface area contributed by atoms with E-state index in [1.807, 2.05) is 0 Å². The van der Waals surface area contributed by atoms with Gasteiger partial charge in [0.2, 0.25) is 0 Å². The topological polar surface area (TPSA) is 9.72 Å². The number of rotatable bonds is 6. The van der Waals surface area contributed by atoms with Gasteiger partial charge in [-0.05, 0) is 46.5 Å². The second-order valence-electron chi connectivity index (χ2n) is 4.96. The maximum Gasteiger partial charge on any atom is 0.322 e. The molecule has 0 saturated carbocycles. The van der Waals surface area contributed by atoms with Crippen LogP contribution in [0.25, 0.3) is 0 Å². The molecule has 1 rings (SSSR count). The van der Waals surface area contributed by atoms with Gasteiger partial charge in [0.1, 0.15) is 0 Å². The van der Waals surface area contributed by atoms with Gasteiger partial charge < -0.3 is 9.13 Å². The van der Waals surface area contributed by atoms with Crippen molar-refractivity contribution in [3.05, 3.63) is 30.3 Å². The van der Waals surface area contributed by atoms with Crippen LogP contribution in [0.15, 0.2) is 30.3 Å². The van der Waals surface area contributed by atoms with E-state index < -0.39 is 8.56 Å². The standard InChI is InChI=1S/C14H27N3Si/c1-7-17(8-2)18(15(3)4,16(5)6)14-12-10-9-11-13-14/h9-13H,7-8H2,1-6H3. The molecule has 102 valence electrons. The van der Waals surface area contributed by atoms with E-state index >= 15 is 0 Å². The van der Waals surface area contributed by atoms with Crippen LogP contribution in [0.1, 0.15) is 13.8 Å². The second kappa shape index (κ2) is 6.47. The number of hydrogen-bond acceptors (Lipinski definition) is 3. The van der Waals surface area contributed by atoms with E-state index in [2.05, 4.69) is 86.1 Å². The van der Waals surface area contributed by atoms with E-state index in [0.717, 1.165) is 13.1 Å². The maximum absolute atomic E-state index is 2.61. The molecule has 18 heavy (non-hydrogen) atoms. The summed E-state index contributed by atoms with van der Waals surface area (Å²) in [6.45, 7) is 6.66. The number of nitrogens with zero attached hydrogens (tertiary/aromatic N) is 3. The van der Waals surface area contributed by atoms with Crippen molar-refractivity contribution < 1.29 is 0 Å². The normalized spacial score (nSPS) is 12.7. The molecule has 0 atom stereocenters. The van der Waals surface area contributed by atoms with Crippen molar-refractivity contribution in [2.45, 2.75) is 13.8 Å². The molecule has 3 nitrogen and oxygen atoms in total. The largest absolute Gasteiger partial charge is 0.322 e. The summed E-state index contributed by atoms with van der Waals surface area (Å²) in [7, 11) is 6.87. The third-order valence-corrected chi connectivity index (χ3v) is 8.73. The molecule has 0 aliphatic heterocycles. The van der Waals surface area contributed by atoms with Gasteiger partial charge in [-0.2, -0.15) is 0 Å². The summed E-state index contributed by atoms with van der Waals surface area (Å²) in [5.41, 5.74) is 0. The molecule has 1 aromatic carbocycles. The van der Waals surface area contributed by atoms with E-state index in [-0.39, 0.29) is 0 Å². The van der Waals surface area contributed by atoms with Crippen molar-refractivity contribution >= 4 is 13.7 Å². The third kappa shape index (κ3) is 2.52. The van der Waals surface area contributed by atoms with E-state index in [1.165, 1.54) is 5.19 Å². The second-order valence-corrected chi connectivity index (χ2v) is 9.23. The first-order chi connectivity index (χ1) is 8.51. The zero-order chi connectivity index (χ0) is 13.8. The van der Waals surface area contributed by atoms with Crippen LogP contribution < -0.4 is 5.19 Å². The van der Waals surface area contributed by atoms with Crippen molar-refractivity contribution in [2.75, 3.05) is 41.3 Å². The Morgan fingerprint density at radius 2 is 1.28 bits per heavy atom. The van der Waals surface area contributed by atoms with E-state index in [1.54, 1.807) is 0 Å². The Morgan fingerprint density at radius 3 is 1.61 bits per heavy atom. The first-order valence-electron chi connectivity index (χ1n) is 6.67. The fraction of sp³-hybridized carbons (Fsp3) is 0.571. The van der Waals surface area contributed by atoms with Crippen LogP contribution in [0.5, 0.6) is 0 Å². The Balaban J connectivity index is 3.40. The lowest BCUT2D eigenvalue weighted by molar-refractivity contribution is 0.342. The van der Waals surface area contributed by atoms with Gasteiger partial charge in [-0.1, -0.05) is 44.2 Å². The highest BCUT2D eigenvalue weighted by molar-refractivity contribution is 6.84. The van der Waals surface area contributed by atoms with Crippen LogP contribution in [0.3, 0.4) is 0 Å². The lowest BCUT2D eigenvalue weighted by Gasteiger charge is -2.49. The van der Waals surface area contributed by atoms with Gasteiger partial charge in [0.05, 0.1) is 0 Å². The van der Waals surface area contributed by atoms with Gasteiger partial charge >= 0.3 is 8.56 Å². The molecule has 4 heteroatoms. The van der Waals surface area contributed by atoms with Crippen LogP contribution in [0.4, 0.5) is 0 Å². The molecular weight excluding hydrogens is 238 g/mol. The third-order valence-electron chi connectivity index (χ3n) is 3.61. The first kappa shape index (κ1) is 15.4. The van der Waals surface area contributed by atoms with Crippen LogP contribution >= 0.6 is 0 Å². The van der Waals surface area contributed by atoms with E-state index in [9.17, 15) is 0 Å². The Hall–Kier alpha value is -0.683. The predicted molar refractivity (Wildman–Crippen MR) is 82.1 cm³/mol. The zero-order valence-electron chi connectivity index (χ0n) is 12.6. The summed E-state index contributed by atoms with van der Waals surface area (Å²) in [6, 6.07) is 10.9. The van der Waals surface area contributed by atoms with Crippen molar-refractivity contribution in [3.63, 3.8) is 0 Å².